The van der Waals surface area contributed by atoms with Crippen molar-refractivity contribution in [2.75, 3.05) is 19.0 Å². The van der Waals surface area contributed by atoms with E-state index in [2.05, 4.69) is 37.5 Å². The Labute approximate surface area is 144 Å². The molecule has 0 amide bonds. The molecule has 0 spiro atoms. The number of aromatic nitrogens is 2. The van der Waals surface area contributed by atoms with Gasteiger partial charge in [0.15, 0.2) is 0 Å². The average Bonchev–Trinajstić information content (AvgIpc) is 3.02. The molecule has 2 aromatic heterocycles. The molecule has 6 heteroatoms. The highest BCUT2D eigenvalue weighted by atomic mass is 32.1. The Balaban J connectivity index is 1.89. The third kappa shape index (κ3) is 3.54. The van der Waals surface area contributed by atoms with Crippen molar-refractivity contribution in [3.63, 3.8) is 0 Å². The molecule has 0 fully saturated rings. The summed E-state index contributed by atoms with van der Waals surface area (Å²) in [4.78, 5) is 21.3. The fraction of sp³-hybridized carbons (Fsp3) is 0.278. The number of rotatable bonds is 6. The van der Waals surface area contributed by atoms with E-state index >= 15 is 0 Å². The van der Waals surface area contributed by atoms with Crippen LogP contribution in [0.4, 0.5) is 5.82 Å². The maximum Gasteiger partial charge on any atom is 0.305 e. The molecule has 5 nitrogen and oxygen atoms in total. The third-order valence-corrected chi connectivity index (χ3v) is 4.58. The summed E-state index contributed by atoms with van der Waals surface area (Å²) in [5, 5.41) is 6.51. The Morgan fingerprint density at radius 1 is 1.25 bits per heavy atom. The van der Waals surface area contributed by atoms with Gasteiger partial charge in [0.25, 0.3) is 0 Å². The molecule has 0 saturated heterocycles. The zero-order chi connectivity index (χ0) is 16.9. The summed E-state index contributed by atoms with van der Waals surface area (Å²) in [5.41, 5.74) is 2.28. The van der Waals surface area contributed by atoms with Gasteiger partial charge in [0.2, 0.25) is 0 Å². The molecule has 1 N–H and O–H groups in total. The van der Waals surface area contributed by atoms with E-state index < -0.39 is 0 Å². The Kier molecular flexibility index (Phi) is 5.05. The number of aryl methyl sites for hydroxylation is 1. The van der Waals surface area contributed by atoms with Crippen LogP contribution in [0, 0.1) is 6.92 Å². The molecule has 0 aliphatic heterocycles. The highest BCUT2D eigenvalue weighted by Gasteiger charge is 2.14. The molecule has 2 heterocycles. The van der Waals surface area contributed by atoms with Crippen molar-refractivity contribution in [1.29, 1.82) is 0 Å². The minimum absolute atomic E-state index is 0.193. The topological polar surface area (TPSA) is 64.1 Å². The molecule has 0 aliphatic rings. The first kappa shape index (κ1) is 16.4. The number of fused-ring (bicyclic) bond motifs is 1. The van der Waals surface area contributed by atoms with Gasteiger partial charge < -0.3 is 10.1 Å². The maximum atomic E-state index is 11.2. The Hall–Kier alpha value is -2.47. The molecular formula is C18H19N3O2S. The molecule has 24 heavy (non-hydrogen) atoms. The summed E-state index contributed by atoms with van der Waals surface area (Å²) in [6, 6.07) is 10.2. The minimum Gasteiger partial charge on any atom is -0.469 e. The molecule has 124 valence electrons. The maximum absolute atomic E-state index is 11.2. The summed E-state index contributed by atoms with van der Waals surface area (Å²) in [6.07, 6.45) is 1.09. The second kappa shape index (κ2) is 7.40. The lowest BCUT2D eigenvalue weighted by Gasteiger charge is -2.09. The Bertz CT molecular complexity index is 846. The number of nitrogens with one attached hydrogen (secondary N) is 1. The second-order valence-electron chi connectivity index (χ2n) is 5.42. The summed E-state index contributed by atoms with van der Waals surface area (Å²) in [5.74, 6) is 1.36. The van der Waals surface area contributed by atoms with Gasteiger partial charge in [0.1, 0.15) is 16.5 Å². The van der Waals surface area contributed by atoms with Gasteiger partial charge in [0.05, 0.1) is 12.5 Å². The van der Waals surface area contributed by atoms with Crippen molar-refractivity contribution < 1.29 is 9.53 Å². The van der Waals surface area contributed by atoms with E-state index in [1.807, 2.05) is 25.1 Å². The lowest BCUT2D eigenvalue weighted by atomic mass is 10.1. The number of carbonyl (C=O) groups is 1. The van der Waals surface area contributed by atoms with Crippen molar-refractivity contribution in [1.82, 2.24) is 9.97 Å². The van der Waals surface area contributed by atoms with Crippen LogP contribution in [0.5, 0.6) is 0 Å². The van der Waals surface area contributed by atoms with E-state index in [1.54, 1.807) is 11.3 Å². The van der Waals surface area contributed by atoms with Crippen LogP contribution in [-0.4, -0.2) is 29.6 Å². The highest BCUT2D eigenvalue weighted by Crippen LogP contribution is 2.36. The molecule has 0 atom stereocenters. The first-order valence-electron chi connectivity index (χ1n) is 7.81. The predicted molar refractivity (Wildman–Crippen MR) is 97.3 cm³/mol. The van der Waals surface area contributed by atoms with Crippen LogP contribution in [0.3, 0.4) is 0 Å². The standard InChI is InChI=1S/C18H19N3O2S/c1-12-20-17(19-10-6-9-15(22)23-2)16-14(11-24-18(16)21-12)13-7-4-3-5-8-13/h3-5,7-8,11H,6,9-10H2,1-2H3,(H,19,20,21). The van der Waals surface area contributed by atoms with E-state index in [-0.39, 0.29) is 5.97 Å². The first-order chi connectivity index (χ1) is 11.7. The van der Waals surface area contributed by atoms with E-state index in [9.17, 15) is 4.79 Å². The fourth-order valence-corrected chi connectivity index (χ4v) is 3.54. The van der Waals surface area contributed by atoms with E-state index in [4.69, 9.17) is 0 Å². The predicted octanol–water partition coefficient (Wildman–Crippen LogP) is 4.03. The van der Waals surface area contributed by atoms with Crippen LogP contribution in [-0.2, 0) is 9.53 Å². The fourth-order valence-electron chi connectivity index (χ4n) is 2.55. The van der Waals surface area contributed by atoms with Gasteiger partial charge in [-0.3, -0.25) is 4.79 Å². The van der Waals surface area contributed by atoms with Gasteiger partial charge in [-0.1, -0.05) is 30.3 Å². The van der Waals surface area contributed by atoms with Crippen LogP contribution >= 0.6 is 11.3 Å². The molecule has 3 aromatic rings. The number of ether oxygens (including phenoxy) is 1. The van der Waals surface area contributed by atoms with E-state index in [0.717, 1.165) is 33.0 Å². The van der Waals surface area contributed by atoms with Crippen molar-refractivity contribution in [2.24, 2.45) is 0 Å². The molecule has 3 rings (SSSR count). The van der Waals surface area contributed by atoms with Gasteiger partial charge in [-0.05, 0) is 18.9 Å². The molecule has 0 aliphatic carbocycles. The lowest BCUT2D eigenvalue weighted by molar-refractivity contribution is -0.140. The van der Waals surface area contributed by atoms with Gasteiger partial charge in [-0.25, -0.2) is 9.97 Å². The smallest absolute Gasteiger partial charge is 0.305 e. The zero-order valence-corrected chi connectivity index (χ0v) is 14.5. The Morgan fingerprint density at radius 2 is 2.04 bits per heavy atom. The number of thiophene rings is 1. The van der Waals surface area contributed by atoms with Gasteiger partial charge in [-0.15, -0.1) is 11.3 Å². The molecular weight excluding hydrogens is 322 g/mol. The largest absolute Gasteiger partial charge is 0.469 e. The number of hydrogen-bond donors (Lipinski definition) is 1. The summed E-state index contributed by atoms with van der Waals surface area (Å²) < 4.78 is 4.67. The number of anilines is 1. The van der Waals surface area contributed by atoms with Gasteiger partial charge in [-0.2, -0.15) is 0 Å². The number of methoxy groups -OCH3 is 1. The quantitative estimate of drug-likeness (QED) is 0.542. The van der Waals surface area contributed by atoms with Crippen molar-refractivity contribution in [3.8, 4) is 11.1 Å². The van der Waals surface area contributed by atoms with Crippen LogP contribution in [0.25, 0.3) is 21.3 Å². The summed E-state index contributed by atoms with van der Waals surface area (Å²) in [6.45, 7) is 2.55. The van der Waals surface area contributed by atoms with Crippen molar-refractivity contribution in [3.05, 3.63) is 41.5 Å². The zero-order valence-electron chi connectivity index (χ0n) is 13.7. The summed E-state index contributed by atoms with van der Waals surface area (Å²) in [7, 11) is 1.41. The van der Waals surface area contributed by atoms with Crippen molar-refractivity contribution >= 4 is 33.3 Å². The lowest BCUT2D eigenvalue weighted by Crippen LogP contribution is -2.08. The first-order valence-corrected chi connectivity index (χ1v) is 8.69. The Morgan fingerprint density at radius 3 is 2.79 bits per heavy atom. The molecule has 1 aromatic carbocycles. The van der Waals surface area contributed by atoms with E-state index in [1.165, 1.54) is 7.11 Å². The van der Waals surface area contributed by atoms with Gasteiger partial charge >= 0.3 is 5.97 Å². The number of hydrogen-bond acceptors (Lipinski definition) is 6. The average molecular weight is 341 g/mol. The number of esters is 1. The van der Waals surface area contributed by atoms with Crippen LogP contribution in [0.1, 0.15) is 18.7 Å². The molecule has 0 radical (unpaired) electrons. The number of nitrogens with zero attached hydrogens (tertiary/aromatic N) is 2. The SMILES string of the molecule is COC(=O)CCCNc1nc(C)nc2scc(-c3ccccc3)c12. The minimum atomic E-state index is -0.193. The van der Waals surface area contributed by atoms with E-state index in [0.29, 0.717) is 19.4 Å². The van der Waals surface area contributed by atoms with Crippen LogP contribution in [0.15, 0.2) is 35.7 Å². The highest BCUT2D eigenvalue weighted by molar-refractivity contribution is 7.17. The molecule has 0 saturated carbocycles. The van der Waals surface area contributed by atoms with Crippen LogP contribution in [0.2, 0.25) is 0 Å². The molecule has 0 unspecified atom stereocenters. The molecule has 0 bridgehead atoms. The van der Waals surface area contributed by atoms with Crippen molar-refractivity contribution in [2.45, 2.75) is 19.8 Å². The second-order valence-corrected chi connectivity index (χ2v) is 6.28. The summed E-state index contributed by atoms with van der Waals surface area (Å²) >= 11 is 1.62. The van der Waals surface area contributed by atoms with Crippen LogP contribution < -0.4 is 5.32 Å². The van der Waals surface area contributed by atoms with Gasteiger partial charge in [0, 0.05) is 23.9 Å². The monoisotopic (exact) mass is 341 g/mol. The third-order valence-electron chi connectivity index (χ3n) is 3.71. The normalized spacial score (nSPS) is 10.8. The number of carbonyl (C=O) groups excluding carboxylic acids is 1. The number of benzene rings is 1.